The first-order chi connectivity index (χ1) is 10.5. The van der Waals surface area contributed by atoms with E-state index in [1.807, 2.05) is 6.92 Å². The van der Waals surface area contributed by atoms with Crippen molar-refractivity contribution in [1.82, 2.24) is 15.1 Å². The molecule has 1 unspecified atom stereocenters. The molecule has 136 valence electrons. The summed E-state index contributed by atoms with van der Waals surface area (Å²) in [5.41, 5.74) is 0. The van der Waals surface area contributed by atoms with Crippen LogP contribution in [0.1, 0.15) is 13.3 Å². The summed E-state index contributed by atoms with van der Waals surface area (Å²) in [6.45, 7) is 8.38. The van der Waals surface area contributed by atoms with Gasteiger partial charge in [-0.15, -0.1) is 24.0 Å². The number of nitrogens with zero attached hydrogens (tertiary/aromatic N) is 3. The lowest BCUT2D eigenvalue weighted by Gasteiger charge is -2.32. The van der Waals surface area contributed by atoms with Gasteiger partial charge >= 0.3 is 0 Å². The summed E-state index contributed by atoms with van der Waals surface area (Å²) in [6.07, 6.45) is 1.10. The number of hydrogen-bond donors (Lipinski definition) is 2. The van der Waals surface area contributed by atoms with E-state index in [2.05, 4.69) is 20.1 Å². The average Bonchev–Trinajstić information content (AvgIpc) is 2.96. The summed E-state index contributed by atoms with van der Waals surface area (Å²) in [7, 11) is -3.46. The van der Waals surface area contributed by atoms with Crippen LogP contribution in [0.25, 0.3) is 0 Å². The van der Waals surface area contributed by atoms with E-state index < -0.39 is 10.0 Å². The number of guanidine groups is 1. The molecule has 2 fully saturated rings. The fraction of sp³-hybridized carbons (Fsp3) is 0.923. The number of morpholine rings is 1. The minimum Gasteiger partial charge on any atom is -0.379 e. The Morgan fingerprint density at radius 2 is 2.04 bits per heavy atom. The Bertz CT molecular complexity index is 482. The molecular weight excluding hydrogens is 433 g/mol. The van der Waals surface area contributed by atoms with Gasteiger partial charge in [0.25, 0.3) is 0 Å². The second-order valence-electron chi connectivity index (χ2n) is 5.64. The number of sulfonamides is 1. The summed E-state index contributed by atoms with van der Waals surface area (Å²) in [4.78, 5) is 9.06. The van der Waals surface area contributed by atoms with E-state index in [4.69, 9.17) is 9.88 Å². The van der Waals surface area contributed by atoms with E-state index in [-0.39, 0.29) is 36.3 Å². The number of likely N-dealkylation sites (tertiary alicyclic amines) is 1. The lowest BCUT2D eigenvalue weighted by atomic mass is 10.2. The van der Waals surface area contributed by atoms with E-state index in [0.29, 0.717) is 6.04 Å². The van der Waals surface area contributed by atoms with E-state index in [0.717, 1.165) is 58.3 Å². The highest BCUT2D eigenvalue weighted by atomic mass is 127. The molecule has 1 atom stereocenters. The van der Waals surface area contributed by atoms with Crippen molar-refractivity contribution < 1.29 is 13.2 Å². The Kier molecular flexibility index (Phi) is 9.04. The molecule has 0 bridgehead atoms. The summed E-state index contributed by atoms with van der Waals surface area (Å²) < 4.78 is 27.4. The topological polar surface area (TPSA) is 100 Å². The fourth-order valence-electron chi connectivity index (χ4n) is 2.88. The van der Waals surface area contributed by atoms with Crippen LogP contribution in [0.4, 0.5) is 0 Å². The van der Waals surface area contributed by atoms with Crippen LogP contribution in [-0.2, 0) is 14.8 Å². The SMILES string of the molecule is CCNC(=NCCS(N)(=O)=O)N1CCC(N2CCOCC2)C1.I. The number of primary sulfonamides is 1. The standard InChI is InChI=1S/C13H27N5O3S.HI/c1-2-15-13(16-4-10-22(14,19)20)18-5-3-12(11-18)17-6-8-21-9-7-17;/h12H,2-11H2,1H3,(H,15,16)(H2,14,19,20);1H. The van der Waals surface area contributed by atoms with Crippen molar-refractivity contribution >= 4 is 40.0 Å². The van der Waals surface area contributed by atoms with Gasteiger partial charge in [0.2, 0.25) is 10.0 Å². The van der Waals surface area contributed by atoms with Crippen molar-refractivity contribution in [3.05, 3.63) is 0 Å². The summed E-state index contributed by atoms with van der Waals surface area (Å²) in [5, 5.41) is 8.25. The molecule has 8 nitrogen and oxygen atoms in total. The third-order valence-electron chi connectivity index (χ3n) is 4.00. The van der Waals surface area contributed by atoms with Crippen LogP contribution >= 0.6 is 24.0 Å². The molecule has 2 aliphatic rings. The molecule has 0 radical (unpaired) electrons. The predicted molar refractivity (Wildman–Crippen MR) is 102 cm³/mol. The first-order valence-electron chi connectivity index (χ1n) is 7.85. The van der Waals surface area contributed by atoms with Crippen molar-refractivity contribution in [1.29, 1.82) is 0 Å². The van der Waals surface area contributed by atoms with Gasteiger partial charge in [-0.25, -0.2) is 13.6 Å². The van der Waals surface area contributed by atoms with E-state index >= 15 is 0 Å². The van der Waals surface area contributed by atoms with Gasteiger partial charge in [-0.1, -0.05) is 0 Å². The Morgan fingerprint density at radius 1 is 1.35 bits per heavy atom. The van der Waals surface area contributed by atoms with Gasteiger partial charge in [0.05, 0.1) is 25.5 Å². The van der Waals surface area contributed by atoms with Crippen molar-refractivity contribution in [2.24, 2.45) is 10.1 Å². The number of halogens is 1. The second-order valence-corrected chi connectivity index (χ2v) is 7.37. The Hall–Kier alpha value is -0.170. The van der Waals surface area contributed by atoms with Crippen LogP contribution in [0, 0.1) is 0 Å². The highest BCUT2D eigenvalue weighted by Gasteiger charge is 2.30. The molecule has 0 saturated carbocycles. The molecule has 2 rings (SSSR count). The quantitative estimate of drug-likeness (QED) is 0.318. The maximum atomic E-state index is 11.0. The molecule has 0 spiro atoms. The molecule has 2 aliphatic heterocycles. The normalized spacial score (nSPS) is 23.7. The van der Waals surface area contributed by atoms with Crippen molar-refractivity contribution in [2.75, 3.05) is 58.2 Å². The van der Waals surface area contributed by atoms with Gasteiger partial charge in [0, 0.05) is 38.8 Å². The highest BCUT2D eigenvalue weighted by molar-refractivity contribution is 14.0. The van der Waals surface area contributed by atoms with Crippen LogP contribution in [0.5, 0.6) is 0 Å². The number of aliphatic imine (C=N–C) groups is 1. The maximum Gasteiger partial charge on any atom is 0.210 e. The third kappa shape index (κ3) is 7.08. The van der Waals surface area contributed by atoms with Gasteiger partial charge in [-0.05, 0) is 13.3 Å². The minimum absolute atomic E-state index is 0. The first-order valence-corrected chi connectivity index (χ1v) is 9.56. The summed E-state index contributed by atoms with van der Waals surface area (Å²) in [5.74, 6) is 0.657. The number of hydrogen-bond acceptors (Lipinski definition) is 5. The maximum absolute atomic E-state index is 11.0. The van der Waals surface area contributed by atoms with E-state index in [1.165, 1.54) is 0 Å². The Morgan fingerprint density at radius 3 is 2.65 bits per heavy atom. The van der Waals surface area contributed by atoms with Crippen LogP contribution in [0.2, 0.25) is 0 Å². The highest BCUT2D eigenvalue weighted by Crippen LogP contribution is 2.17. The molecule has 0 aromatic carbocycles. The second kappa shape index (κ2) is 9.97. The fourth-order valence-corrected chi connectivity index (χ4v) is 3.23. The lowest BCUT2D eigenvalue weighted by molar-refractivity contribution is 0.0195. The van der Waals surface area contributed by atoms with Gasteiger partial charge in [0.15, 0.2) is 5.96 Å². The summed E-state index contributed by atoms with van der Waals surface area (Å²) in [6, 6.07) is 0.519. The van der Waals surface area contributed by atoms with Crippen molar-refractivity contribution in [2.45, 2.75) is 19.4 Å². The molecule has 2 heterocycles. The van der Waals surface area contributed by atoms with Crippen molar-refractivity contribution in [3.63, 3.8) is 0 Å². The van der Waals surface area contributed by atoms with Crippen LogP contribution in [0.3, 0.4) is 0 Å². The lowest BCUT2D eigenvalue weighted by Crippen LogP contribution is -2.46. The number of rotatable bonds is 5. The monoisotopic (exact) mass is 461 g/mol. The van der Waals surface area contributed by atoms with Crippen LogP contribution in [0.15, 0.2) is 4.99 Å². The number of nitrogens with one attached hydrogen (secondary N) is 1. The van der Waals surface area contributed by atoms with Crippen LogP contribution < -0.4 is 10.5 Å². The van der Waals surface area contributed by atoms with Gasteiger partial charge in [-0.2, -0.15) is 0 Å². The van der Waals surface area contributed by atoms with Gasteiger partial charge in [0.1, 0.15) is 0 Å². The Balaban J connectivity index is 0.00000264. The molecule has 3 N–H and O–H groups in total. The van der Waals surface area contributed by atoms with Gasteiger partial charge < -0.3 is 15.0 Å². The first kappa shape index (κ1) is 20.9. The summed E-state index contributed by atoms with van der Waals surface area (Å²) >= 11 is 0. The molecule has 0 aromatic heterocycles. The van der Waals surface area contributed by atoms with E-state index in [9.17, 15) is 8.42 Å². The molecule has 10 heteroatoms. The predicted octanol–water partition coefficient (Wildman–Crippen LogP) is -0.735. The molecule has 0 amide bonds. The molecule has 23 heavy (non-hydrogen) atoms. The molecule has 0 aliphatic carbocycles. The van der Waals surface area contributed by atoms with E-state index in [1.54, 1.807) is 0 Å². The zero-order valence-corrected chi connectivity index (χ0v) is 16.8. The number of nitrogens with two attached hydrogens (primary N) is 1. The average molecular weight is 461 g/mol. The largest absolute Gasteiger partial charge is 0.379 e. The van der Waals surface area contributed by atoms with Crippen LogP contribution in [-0.4, -0.2) is 88.5 Å². The number of ether oxygens (including phenoxy) is 1. The zero-order valence-electron chi connectivity index (χ0n) is 13.6. The Labute approximate surface area is 155 Å². The minimum atomic E-state index is -3.46. The molecule has 2 saturated heterocycles. The molecular formula is C13H28IN5O3S. The van der Waals surface area contributed by atoms with Gasteiger partial charge in [-0.3, -0.25) is 9.89 Å². The zero-order chi connectivity index (χ0) is 16.0. The third-order valence-corrected chi connectivity index (χ3v) is 4.75. The smallest absolute Gasteiger partial charge is 0.210 e. The van der Waals surface area contributed by atoms with Crippen molar-refractivity contribution in [3.8, 4) is 0 Å². The molecule has 0 aromatic rings.